The minimum atomic E-state index is -0.271. The van der Waals surface area contributed by atoms with Crippen LogP contribution in [0.15, 0.2) is 53.0 Å². The maximum absolute atomic E-state index is 13.6. The van der Waals surface area contributed by atoms with E-state index in [4.69, 9.17) is 0 Å². The molecule has 22 heavy (non-hydrogen) atoms. The zero-order chi connectivity index (χ0) is 16.1. The molecule has 0 spiro atoms. The van der Waals surface area contributed by atoms with Crippen LogP contribution in [0.25, 0.3) is 0 Å². The Kier molecular flexibility index (Phi) is 5.76. The molecule has 2 rings (SSSR count). The highest BCUT2D eigenvalue weighted by Crippen LogP contribution is 2.29. The monoisotopic (exact) mass is 302 g/mol. The number of rotatable bonds is 4. The van der Waals surface area contributed by atoms with Gasteiger partial charge in [0.1, 0.15) is 0 Å². The molecule has 120 valence electrons. The predicted octanol–water partition coefficient (Wildman–Crippen LogP) is 4.72. The zero-order valence-corrected chi connectivity index (χ0v) is 13.9. The first-order valence-electron chi connectivity index (χ1n) is 8.16. The number of nitrogens with zero attached hydrogens (tertiary/aromatic N) is 1. The normalized spacial score (nSPS) is 29.8. The number of aliphatic imine (C=N–C) groups is 1. The van der Waals surface area contributed by atoms with Crippen molar-refractivity contribution >= 4 is 5.71 Å². The van der Waals surface area contributed by atoms with Gasteiger partial charge in [-0.2, -0.15) is 4.39 Å². The number of nitrogens with one attached hydrogen (secondary N) is 1. The van der Waals surface area contributed by atoms with Crippen molar-refractivity contribution in [1.29, 1.82) is 0 Å². The van der Waals surface area contributed by atoms with Crippen molar-refractivity contribution in [2.45, 2.75) is 45.6 Å². The zero-order valence-electron chi connectivity index (χ0n) is 13.9. The summed E-state index contributed by atoms with van der Waals surface area (Å²) in [7, 11) is 1.85. The molecule has 1 fully saturated rings. The third kappa shape index (κ3) is 4.19. The Bertz CT molecular complexity index is 532. The molecule has 0 radical (unpaired) electrons. The highest BCUT2D eigenvalue weighted by atomic mass is 19.1. The van der Waals surface area contributed by atoms with E-state index in [0.717, 1.165) is 17.2 Å². The molecule has 2 nitrogen and oxygen atoms in total. The summed E-state index contributed by atoms with van der Waals surface area (Å²) in [6, 6.07) is -0.176. The van der Waals surface area contributed by atoms with E-state index in [-0.39, 0.29) is 12.0 Å². The molecule has 0 aromatic carbocycles. The van der Waals surface area contributed by atoms with E-state index < -0.39 is 0 Å². The van der Waals surface area contributed by atoms with Crippen molar-refractivity contribution in [2.24, 2.45) is 16.8 Å². The lowest BCUT2D eigenvalue weighted by Crippen LogP contribution is -2.29. The highest BCUT2D eigenvalue weighted by Gasteiger charge is 2.21. The van der Waals surface area contributed by atoms with Gasteiger partial charge < -0.3 is 5.32 Å². The van der Waals surface area contributed by atoms with Crippen LogP contribution in [0.4, 0.5) is 4.39 Å². The van der Waals surface area contributed by atoms with E-state index in [1.807, 2.05) is 19.2 Å². The first-order valence-corrected chi connectivity index (χ1v) is 8.16. The van der Waals surface area contributed by atoms with Crippen molar-refractivity contribution in [3.8, 4) is 0 Å². The molecular weight excluding hydrogens is 275 g/mol. The van der Waals surface area contributed by atoms with Gasteiger partial charge in [0, 0.05) is 24.3 Å². The van der Waals surface area contributed by atoms with Crippen molar-refractivity contribution in [2.75, 3.05) is 7.05 Å². The Hall–Kier alpha value is -1.64. The second-order valence-corrected chi connectivity index (χ2v) is 6.49. The van der Waals surface area contributed by atoms with Crippen molar-refractivity contribution < 1.29 is 4.39 Å². The quantitative estimate of drug-likeness (QED) is 0.453. The van der Waals surface area contributed by atoms with E-state index in [1.54, 1.807) is 13.0 Å². The molecule has 0 amide bonds. The molecule has 3 heteroatoms. The molecule has 1 aliphatic heterocycles. The lowest BCUT2D eigenvalue weighted by atomic mass is 9.80. The highest BCUT2D eigenvalue weighted by molar-refractivity contribution is 5.97. The molecule has 1 atom stereocenters. The maximum Gasteiger partial charge on any atom is 0.190 e. The summed E-state index contributed by atoms with van der Waals surface area (Å²) < 4.78 is 13.6. The third-order valence-corrected chi connectivity index (χ3v) is 4.73. The number of hydrogen-bond acceptors (Lipinski definition) is 2. The summed E-state index contributed by atoms with van der Waals surface area (Å²) in [5.74, 6) is 1.12. The molecule has 1 N–H and O–H groups in total. The summed E-state index contributed by atoms with van der Waals surface area (Å²) in [5, 5.41) is 2.83. The molecule has 0 aromatic rings. The fourth-order valence-electron chi connectivity index (χ4n) is 3.07. The van der Waals surface area contributed by atoms with Gasteiger partial charge in [0.15, 0.2) is 5.95 Å². The molecule has 1 unspecified atom stereocenters. The van der Waals surface area contributed by atoms with Crippen LogP contribution in [-0.2, 0) is 0 Å². The van der Waals surface area contributed by atoms with Crippen LogP contribution in [0, 0.1) is 11.8 Å². The van der Waals surface area contributed by atoms with Gasteiger partial charge in [-0.15, -0.1) is 0 Å². The lowest BCUT2D eigenvalue weighted by molar-refractivity contribution is 0.344. The Balaban J connectivity index is 1.95. The number of dihydropyridines is 1. The maximum atomic E-state index is 13.6. The van der Waals surface area contributed by atoms with E-state index in [9.17, 15) is 4.39 Å². The molecule has 1 heterocycles. The predicted molar refractivity (Wildman–Crippen MR) is 92.6 cm³/mol. The van der Waals surface area contributed by atoms with Gasteiger partial charge in [0.05, 0.1) is 6.04 Å². The summed E-state index contributed by atoms with van der Waals surface area (Å²) in [5.41, 5.74) is 2.62. The van der Waals surface area contributed by atoms with Crippen LogP contribution in [0.5, 0.6) is 0 Å². The van der Waals surface area contributed by atoms with Crippen LogP contribution in [0.2, 0.25) is 0 Å². The smallest absolute Gasteiger partial charge is 0.190 e. The van der Waals surface area contributed by atoms with Gasteiger partial charge in [-0.1, -0.05) is 44.6 Å². The first kappa shape index (κ1) is 16.7. The molecule has 0 aromatic heterocycles. The van der Waals surface area contributed by atoms with Crippen molar-refractivity contribution in [1.82, 2.24) is 5.32 Å². The van der Waals surface area contributed by atoms with Gasteiger partial charge in [-0.05, 0) is 37.3 Å². The fourth-order valence-corrected chi connectivity index (χ4v) is 3.07. The largest absolute Gasteiger partial charge is 0.351 e. The van der Waals surface area contributed by atoms with Crippen LogP contribution >= 0.6 is 0 Å². The van der Waals surface area contributed by atoms with Crippen LogP contribution in [0.1, 0.15) is 39.5 Å². The summed E-state index contributed by atoms with van der Waals surface area (Å²) >= 11 is 0. The van der Waals surface area contributed by atoms with Crippen LogP contribution in [-0.4, -0.2) is 18.8 Å². The molecule has 1 aliphatic carbocycles. The van der Waals surface area contributed by atoms with Crippen LogP contribution in [0.3, 0.4) is 0 Å². The lowest BCUT2D eigenvalue weighted by Gasteiger charge is -2.26. The Morgan fingerprint density at radius 3 is 2.59 bits per heavy atom. The second-order valence-electron chi connectivity index (χ2n) is 6.49. The fraction of sp³-hybridized carbons (Fsp3) is 0.526. The molecule has 0 bridgehead atoms. The molecular formula is C19H27FN2. The van der Waals surface area contributed by atoms with E-state index in [0.29, 0.717) is 11.5 Å². The Labute approximate surface area is 133 Å². The summed E-state index contributed by atoms with van der Waals surface area (Å²) in [6.45, 7) is 8.13. The molecule has 1 saturated carbocycles. The average Bonchev–Trinajstić information content (AvgIpc) is 2.52. The first-order chi connectivity index (χ1) is 10.5. The third-order valence-electron chi connectivity index (χ3n) is 4.73. The van der Waals surface area contributed by atoms with Gasteiger partial charge in [-0.25, -0.2) is 0 Å². The standard InChI is InChI=1S/C19H27FN2/c1-13-5-9-16(10-6-13)18(21-4)12-7-14(2)17-11-8-15(3)19(20)22-17/h7-8,11-13,16-17,22H,2,5-6,9-10H2,1,3-4H3/b12-7-,21-18?. The number of allylic oxidation sites excluding steroid dienone is 3. The minimum Gasteiger partial charge on any atom is -0.351 e. The second kappa shape index (κ2) is 7.57. The van der Waals surface area contributed by atoms with E-state index in [1.165, 1.54) is 25.7 Å². The Morgan fingerprint density at radius 1 is 1.32 bits per heavy atom. The number of hydrogen-bond donors (Lipinski definition) is 1. The van der Waals surface area contributed by atoms with Crippen molar-refractivity contribution in [3.63, 3.8) is 0 Å². The SMILES string of the molecule is C=C(/C=C\C(=NC)C1CCC(C)CC1)C1C=CC(C)=C(F)N1. The van der Waals surface area contributed by atoms with Crippen LogP contribution < -0.4 is 5.32 Å². The van der Waals surface area contributed by atoms with E-state index in [2.05, 4.69) is 29.9 Å². The topological polar surface area (TPSA) is 24.4 Å². The average molecular weight is 302 g/mol. The van der Waals surface area contributed by atoms with Gasteiger partial charge in [0.25, 0.3) is 0 Å². The van der Waals surface area contributed by atoms with Crippen molar-refractivity contribution in [3.05, 3.63) is 48.0 Å². The van der Waals surface area contributed by atoms with Gasteiger partial charge in [-0.3, -0.25) is 4.99 Å². The molecule has 2 aliphatic rings. The van der Waals surface area contributed by atoms with Gasteiger partial charge in [0.2, 0.25) is 0 Å². The number of halogens is 1. The summed E-state index contributed by atoms with van der Waals surface area (Å²) in [4.78, 5) is 4.45. The van der Waals surface area contributed by atoms with E-state index >= 15 is 0 Å². The Morgan fingerprint density at radius 2 is 2.00 bits per heavy atom. The summed E-state index contributed by atoms with van der Waals surface area (Å²) in [6.07, 6.45) is 12.7. The minimum absolute atomic E-state index is 0.176. The van der Waals surface area contributed by atoms with Gasteiger partial charge >= 0.3 is 0 Å². The molecule has 0 saturated heterocycles.